The molecule has 7 nitrogen and oxygen atoms in total. The second-order valence-electron chi connectivity index (χ2n) is 7.23. The van der Waals surface area contributed by atoms with Crippen LogP contribution >= 0.6 is 12.2 Å². The topological polar surface area (TPSA) is 53.8 Å². The third kappa shape index (κ3) is 4.18. The molecular weight excluding hydrogens is 384 g/mol. The van der Waals surface area contributed by atoms with E-state index in [2.05, 4.69) is 33.5 Å². The Bertz CT molecular complexity index is 990. The highest BCUT2D eigenvalue weighted by molar-refractivity contribution is 7.71. The van der Waals surface area contributed by atoms with Crippen molar-refractivity contribution >= 4 is 17.9 Å². The minimum Gasteiger partial charge on any atom is -0.497 e. The van der Waals surface area contributed by atoms with E-state index in [1.165, 1.54) is 10.6 Å². The fourth-order valence-corrected chi connectivity index (χ4v) is 4.14. The summed E-state index contributed by atoms with van der Waals surface area (Å²) < 4.78 is 10.1. The summed E-state index contributed by atoms with van der Waals surface area (Å²) >= 11 is 5.74. The largest absolute Gasteiger partial charge is 0.497 e. The first-order valence-electron chi connectivity index (χ1n) is 10.1. The number of hydrogen-bond acceptors (Lipinski definition) is 4. The van der Waals surface area contributed by atoms with Crippen molar-refractivity contribution < 1.29 is 14.6 Å². The quantitative estimate of drug-likeness (QED) is 0.620. The summed E-state index contributed by atoms with van der Waals surface area (Å²) in [4.78, 5) is 7.02. The lowest BCUT2D eigenvalue weighted by Gasteiger charge is -2.33. The highest BCUT2D eigenvalue weighted by Gasteiger charge is 2.22. The van der Waals surface area contributed by atoms with Crippen molar-refractivity contribution in [3.8, 4) is 17.1 Å². The van der Waals surface area contributed by atoms with E-state index in [-0.39, 0.29) is 0 Å². The molecule has 0 bridgehead atoms. The molecule has 1 fully saturated rings. The number of H-pyrrole nitrogens is 1. The van der Waals surface area contributed by atoms with Crippen LogP contribution in [-0.2, 0) is 13.2 Å². The fraction of sp³-hybridized carbons (Fsp3) is 0.381. The van der Waals surface area contributed by atoms with Crippen LogP contribution in [0.15, 0.2) is 48.8 Å². The molecule has 4 rings (SSSR count). The van der Waals surface area contributed by atoms with E-state index in [4.69, 9.17) is 22.1 Å². The lowest BCUT2D eigenvalue weighted by Crippen LogP contribution is -3.14. The van der Waals surface area contributed by atoms with E-state index in [0.29, 0.717) is 0 Å². The average molecular weight is 413 g/mol. The van der Waals surface area contributed by atoms with E-state index in [1.807, 2.05) is 41.3 Å². The molecule has 152 valence electrons. The lowest BCUT2D eigenvalue weighted by atomic mass is 10.2. The molecule has 1 aliphatic rings. The highest BCUT2D eigenvalue weighted by Crippen LogP contribution is 2.21. The third-order valence-electron chi connectivity index (χ3n) is 5.50. The number of nitrogens with zero attached hydrogens (tertiary/aromatic N) is 4. The molecule has 0 saturated carbocycles. The predicted molar refractivity (Wildman–Crippen MR) is 115 cm³/mol. The second-order valence-corrected chi connectivity index (χ2v) is 7.60. The van der Waals surface area contributed by atoms with Crippen LogP contribution in [0.25, 0.3) is 11.4 Å². The average Bonchev–Trinajstić information content (AvgIpc) is 3.10. The molecule has 3 heterocycles. The first-order valence-corrected chi connectivity index (χ1v) is 10.5. The molecule has 1 aliphatic heterocycles. The SMILES string of the molecule is CCn1c(-c2ccc(OC)cc2)nn(C[NH+]2CCN(c3cc[nH+]cc3)CC2)c1=S. The zero-order valence-electron chi connectivity index (χ0n) is 17.0. The first-order chi connectivity index (χ1) is 14.2. The van der Waals surface area contributed by atoms with E-state index in [9.17, 15) is 0 Å². The number of nitrogens with one attached hydrogen (secondary N) is 2. The number of methoxy groups -OCH3 is 1. The van der Waals surface area contributed by atoms with Gasteiger partial charge in [0.05, 0.1) is 33.3 Å². The summed E-state index contributed by atoms with van der Waals surface area (Å²) in [6.45, 7) is 7.91. The van der Waals surface area contributed by atoms with Crippen molar-refractivity contribution in [2.75, 3.05) is 38.2 Å². The van der Waals surface area contributed by atoms with Gasteiger partial charge in [0.25, 0.3) is 0 Å². The summed E-state index contributed by atoms with van der Waals surface area (Å²) in [6, 6.07) is 12.3. The van der Waals surface area contributed by atoms with Gasteiger partial charge >= 0.3 is 0 Å². The lowest BCUT2D eigenvalue weighted by molar-refractivity contribution is -0.924. The Labute approximate surface area is 176 Å². The van der Waals surface area contributed by atoms with E-state index in [1.54, 1.807) is 7.11 Å². The van der Waals surface area contributed by atoms with Crippen LogP contribution < -0.4 is 19.5 Å². The van der Waals surface area contributed by atoms with Crippen molar-refractivity contribution in [3.63, 3.8) is 0 Å². The summed E-state index contributed by atoms with van der Waals surface area (Å²) in [7, 11) is 1.68. The summed E-state index contributed by atoms with van der Waals surface area (Å²) in [5.74, 6) is 1.76. The number of hydrogen-bond donors (Lipinski definition) is 1. The molecule has 2 aromatic heterocycles. The number of rotatable bonds is 6. The molecular formula is C21H28N6OS+2. The van der Waals surface area contributed by atoms with Gasteiger partial charge in [0.2, 0.25) is 4.77 Å². The Morgan fingerprint density at radius 3 is 2.41 bits per heavy atom. The standard InChI is InChI=1S/C21H26N6OS/c1-3-26-20(17-4-6-19(28-2)7-5-17)23-27(21(26)29)16-24-12-14-25(15-13-24)18-8-10-22-11-9-18/h4-11H,3,12-16H2,1-2H3/p+2. The maximum atomic E-state index is 5.74. The van der Waals surface area contributed by atoms with Crippen LogP contribution in [0.3, 0.4) is 0 Å². The van der Waals surface area contributed by atoms with Gasteiger partial charge in [0, 0.05) is 29.9 Å². The first kappa shape index (κ1) is 19.6. The van der Waals surface area contributed by atoms with Crippen LogP contribution in [0, 0.1) is 4.77 Å². The maximum Gasteiger partial charge on any atom is 0.203 e. The maximum absolute atomic E-state index is 5.74. The summed E-state index contributed by atoms with van der Waals surface area (Å²) in [6.07, 6.45) is 3.96. The van der Waals surface area contributed by atoms with Crippen molar-refractivity contribution in [1.82, 2.24) is 14.3 Å². The highest BCUT2D eigenvalue weighted by atomic mass is 32.1. The molecule has 0 radical (unpaired) electrons. The normalized spacial score (nSPS) is 14.9. The monoisotopic (exact) mass is 412 g/mol. The molecule has 3 aromatic rings. The van der Waals surface area contributed by atoms with Crippen molar-refractivity contribution in [2.24, 2.45) is 0 Å². The second kappa shape index (κ2) is 8.75. The molecule has 0 amide bonds. The molecule has 0 aliphatic carbocycles. The minimum absolute atomic E-state index is 0.784. The minimum atomic E-state index is 0.784. The van der Waals surface area contributed by atoms with Crippen LogP contribution in [0.2, 0.25) is 0 Å². The Kier molecular flexibility index (Phi) is 5.92. The van der Waals surface area contributed by atoms with Crippen molar-refractivity contribution in [3.05, 3.63) is 53.6 Å². The van der Waals surface area contributed by atoms with Crippen LogP contribution in [0.5, 0.6) is 5.75 Å². The number of aromatic nitrogens is 4. The zero-order chi connectivity index (χ0) is 20.2. The van der Waals surface area contributed by atoms with E-state index >= 15 is 0 Å². The van der Waals surface area contributed by atoms with Gasteiger partial charge in [-0.15, -0.1) is 5.10 Å². The van der Waals surface area contributed by atoms with Gasteiger partial charge in [-0.05, 0) is 43.4 Å². The molecule has 8 heteroatoms. The van der Waals surface area contributed by atoms with Gasteiger partial charge in [0.15, 0.2) is 24.9 Å². The number of quaternary nitrogens is 1. The Morgan fingerprint density at radius 2 is 1.79 bits per heavy atom. The molecule has 2 N–H and O–H groups in total. The van der Waals surface area contributed by atoms with Crippen LogP contribution in [0.1, 0.15) is 6.92 Å². The van der Waals surface area contributed by atoms with Crippen molar-refractivity contribution in [2.45, 2.75) is 20.1 Å². The number of anilines is 1. The van der Waals surface area contributed by atoms with E-state index in [0.717, 1.165) is 61.3 Å². The molecule has 1 aromatic carbocycles. The van der Waals surface area contributed by atoms with Crippen LogP contribution in [-0.4, -0.2) is 47.6 Å². The fourth-order valence-electron chi connectivity index (χ4n) is 3.82. The zero-order valence-corrected chi connectivity index (χ0v) is 17.8. The number of benzene rings is 1. The smallest absolute Gasteiger partial charge is 0.203 e. The van der Waals surface area contributed by atoms with Gasteiger partial charge in [-0.1, -0.05) is 0 Å². The van der Waals surface area contributed by atoms with Gasteiger partial charge < -0.3 is 19.1 Å². The third-order valence-corrected chi connectivity index (χ3v) is 5.93. The number of aromatic amines is 1. The van der Waals surface area contributed by atoms with Gasteiger partial charge in [-0.3, -0.25) is 0 Å². The number of piperazine rings is 1. The molecule has 0 spiro atoms. The Balaban J connectivity index is 1.48. The molecule has 29 heavy (non-hydrogen) atoms. The molecule has 1 saturated heterocycles. The Hall–Kier alpha value is -2.71. The molecule has 0 unspecified atom stereocenters. The van der Waals surface area contributed by atoms with Gasteiger partial charge in [-0.2, -0.15) is 4.68 Å². The van der Waals surface area contributed by atoms with Crippen molar-refractivity contribution in [1.29, 1.82) is 0 Å². The number of ether oxygens (including phenoxy) is 1. The predicted octanol–water partition coefficient (Wildman–Crippen LogP) is 1.29. The Morgan fingerprint density at radius 1 is 1.10 bits per heavy atom. The van der Waals surface area contributed by atoms with E-state index < -0.39 is 0 Å². The number of pyridine rings is 1. The van der Waals surface area contributed by atoms with Gasteiger partial charge in [0.1, 0.15) is 5.75 Å². The van der Waals surface area contributed by atoms with Gasteiger partial charge in [-0.25, -0.2) is 4.98 Å². The summed E-state index contributed by atoms with van der Waals surface area (Å²) in [5, 5.41) is 4.87. The summed E-state index contributed by atoms with van der Waals surface area (Å²) in [5.41, 5.74) is 2.33. The molecule has 0 atom stereocenters. The van der Waals surface area contributed by atoms with Crippen LogP contribution in [0.4, 0.5) is 5.69 Å².